The van der Waals surface area contributed by atoms with Gasteiger partial charge in [-0.1, -0.05) is 54.1 Å². The predicted octanol–water partition coefficient (Wildman–Crippen LogP) is 5.05. The molecule has 1 heterocycles. The van der Waals surface area contributed by atoms with E-state index in [1.165, 1.54) is 0 Å². The molecule has 1 saturated heterocycles. The largest absolute Gasteiger partial charge is 0.341 e. The summed E-state index contributed by atoms with van der Waals surface area (Å²) >= 11 is 7.89. The van der Waals surface area contributed by atoms with Crippen LogP contribution in [-0.4, -0.2) is 37.5 Å². The summed E-state index contributed by atoms with van der Waals surface area (Å²) in [6.07, 6.45) is 2.12. The monoisotopic (exact) mass is 424 g/mol. The standard InChI is InChI=1S/C21H25ClN2OS.ClH/c1-23-15-16-11-13-24(14-12-16)21(25)20(17-7-3-2-4-8-17)26-19-10-6-5-9-18(19)22;/h2-10,16,20,23H,11-15H2,1H3;1H. The Morgan fingerprint density at radius 3 is 2.41 bits per heavy atom. The minimum atomic E-state index is -0.267. The van der Waals surface area contributed by atoms with Crippen molar-refractivity contribution >= 4 is 41.7 Å². The second kappa shape index (κ2) is 11.0. The van der Waals surface area contributed by atoms with Gasteiger partial charge in [-0.05, 0) is 50.0 Å². The molecule has 1 amide bonds. The van der Waals surface area contributed by atoms with Crippen molar-refractivity contribution < 1.29 is 4.79 Å². The summed E-state index contributed by atoms with van der Waals surface area (Å²) in [5.74, 6) is 0.847. The Kier molecular flexibility index (Phi) is 8.97. The number of likely N-dealkylation sites (tertiary alicyclic amines) is 1. The van der Waals surface area contributed by atoms with Gasteiger partial charge in [0.15, 0.2) is 0 Å². The third-order valence-corrected chi connectivity index (χ3v) is 6.59. The van der Waals surface area contributed by atoms with Crippen molar-refractivity contribution in [2.75, 3.05) is 26.7 Å². The molecule has 1 N–H and O–H groups in total. The highest BCUT2D eigenvalue weighted by molar-refractivity contribution is 8.00. The van der Waals surface area contributed by atoms with E-state index in [4.69, 9.17) is 11.6 Å². The Morgan fingerprint density at radius 2 is 1.78 bits per heavy atom. The number of hydrogen-bond acceptors (Lipinski definition) is 3. The Labute approximate surface area is 177 Å². The second-order valence-corrected chi connectivity index (χ2v) is 8.22. The van der Waals surface area contributed by atoms with Gasteiger partial charge in [0.2, 0.25) is 5.91 Å². The van der Waals surface area contributed by atoms with Gasteiger partial charge >= 0.3 is 0 Å². The van der Waals surface area contributed by atoms with Crippen LogP contribution < -0.4 is 5.32 Å². The van der Waals surface area contributed by atoms with Crippen LogP contribution in [0.5, 0.6) is 0 Å². The topological polar surface area (TPSA) is 32.3 Å². The minimum absolute atomic E-state index is 0. The van der Waals surface area contributed by atoms with Crippen LogP contribution in [0.3, 0.4) is 0 Å². The van der Waals surface area contributed by atoms with Gasteiger partial charge in [0.05, 0.1) is 5.02 Å². The van der Waals surface area contributed by atoms with E-state index in [-0.39, 0.29) is 23.6 Å². The summed E-state index contributed by atoms with van der Waals surface area (Å²) in [5.41, 5.74) is 1.03. The van der Waals surface area contributed by atoms with Gasteiger partial charge in [-0.15, -0.1) is 24.2 Å². The SMILES string of the molecule is CNCC1CCN(C(=O)C(Sc2ccccc2Cl)c2ccccc2)CC1.Cl. The highest BCUT2D eigenvalue weighted by atomic mass is 35.5. The normalized spacial score (nSPS) is 15.9. The van der Waals surface area contributed by atoms with Crippen molar-refractivity contribution in [2.45, 2.75) is 23.0 Å². The molecule has 0 radical (unpaired) electrons. The van der Waals surface area contributed by atoms with Crippen LogP contribution >= 0.6 is 35.8 Å². The lowest BCUT2D eigenvalue weighted by molar-refractivity contribution is -0.132. The summed E-state index contributed by atoms with van der Waals surface area (Å²) in [6, 6.07) is 17.7. The molecule has 3 rings (SSSR count). The predicted molar refractivity (Wildman–Crippen MR) is 117 cm³/mol. The zero-order chi connectivity index (χ0) is 18.4. The zero-order valence-corrected chi connectivity index (χ0v) is 17.8. The lowest BCUT2D eigenvalue weighted by Gasteiger charge is -2.34. The van der Waals surface area contributed by atoms with E-state index < -0.39 is 0 Å². The van der Waals surface area contributed by atoms with Crippen LogP contribution in [0.1, 0.15) is 23.7 Å². The maximum Gasteiger partial charge on any atom is 0.240 e. The van der Waals surface area contributed by atoms with E-state index in [1.54, 1.807) is 11.8 Å². The molecule has 1 unspecified atom stereocenters. The molecule has 1 fully saturated rings. The van der Waals surface area contributed by atoms with E-state index in [2.05, 4.69) is 5.32 Å². The minimum Gasteiger partial charge on any atom is -0.341 e. The first-order valence-electron chi connectivity index (χ1n) is 9.08. The molecule has 0 saturated carbocycles. The van der Waals surface area contributed by atoms with E-state index in [0.717, 1.165) is 42.9 Å². The molecule has 27 heavy (non-hydrogen) atoms. The zero-order valence-electron chi connectivity index (χ0n) is 15.4. The van der Waals surface area contributed by atoms with Gasteiger partial charge in [-0.3, -0.25) is 4.79 Å². The molecule has 3 nitrogen and oxygen atoms in total. The first kappa shape index (κ1) is 22.1. The van der Waals surface area contributed by atoms with Crippen LogP contribution in [0.15, 0.2) is 59.5 Å². The third-order valence-electron chi connectivity index (χ3n) is 4.83. The highest BCUT2D eigenvalue weighted by Gasteiger charge is 2.30. The summed E-state index contributed by atoms with van der Waals surface area (Å²) in [6.45, 7) is 2.69. The number of carbonyl (C=O) groups is 1. The summed E-state index contributed by atoms with van der Waals surface area (Å²) < 4.78 is 0. The van der Waals surface area contributed by atoms with Crippen molar-refractivity contribution in [1.82, 2.24) is 10.2 Å². The number of hydrogen-bond donors (Lipinski definition) is 1. The summed E-state index contributed by atoms with van der Waals surface area (Å²) in [7, 11) is 1.99. The van der Waals surface area contributed by atoms with Gasteiger partial charge < -0.3 is 10.2 Å². The molecule has 6 heteroatoms. The molecule has 0 aromatic heterocycles. The number of halogens is 2. The molecular formula is C21H26Cl2N2OS. The van der Waals surface area contributed by atoms with Gasteiger partial charge in [0.1, 0.15) is 5.25 Å². The molecule has 146 valence electrons. The number of rotatable bonds is 6. The fraction of sp³-hybridized carbons (Fsp3) is 0.381. The molecule has 0 aliphatic carbocycles. The van der Waals surface area contributed by atoms with E-state index in [9.17, 15) is 4.79 Å². The van der Waals surface area contributed by atoms with Crippen LogP contribution in [0.25, 0.3) is 0 Å². The average Bonchev–Trinajstić information content (AvgIpc) is 2.68. The van der Waals surface area contributed by atoms with E-state index in [1.807, 2.05) is 66.5 Å². The lowest BCUT2D eigenvalue weighted by Crippen LogP contribution is -2.42. The Bertz CT molecular complexity index is 721. The van der Waals surface area contributed by atoms with Crippen LogP contribution in [-0.2, 0) is 4.79 Å². The number of nitrogens with zero attached hydrogens (tertiary/aromatic N) is 1. The number of benzene rings is 2. The smallest absolute Gasteiger partial charge is 0.240 e. The summed E-state index contributed by atoms with van der Waals surface area (Å²) in [4.78, 5) is 16.3. The molecular weight excluding hydrogens is 399 g/mol. The first-order valence-corrected chi connectivity index (χ1v) is 10.3. The Balaban J connectivity index is 0.00000261. The van der Waals surface area contributed by atoms with Gasteiger partial charge in [-0.25, -0.2) is 0 Å². The number of thioether (sulfide) groups is 1. The molecule has 1 aliphatic heterocycles. The van der Waals surface area contributed by atoms with Crippen molar-refractivity contribution in [1.29, 1.82) is 0 Å². The molecule has 1 aliphatic rings. The van der Waals surface area contributed by atoms with Crippen molar-refractivity contribution in [3.05, 3.63) is 65.2 Å². The van der Waals surface area contributed by atoms with Crippen molar-refractivity contribution in [3.63, 3.8) is 0 Å². The first-order chi connectivity index (χ1) is 12.7. The second-order valence-electron chi connectivity index (χ2n) is 6.67. The van der Waals surface area contributed by atoms with Crippen molar-refractivity contribution in [2.24, 2.45) is 5.92 Å². The van der Waals surface area contributed by atoms with Gasteiger partial charge in [0, 0.05) is 18.0 Å². The third kappa shape index (κ3) is 5.89. The van der Waals surface area contributed by atoms with Gasteiger partial charge in [-0.2, -0.15) is 0 Å². The number of amides is 1. The van der Waals surface area contributed by atoms with Crippen LogP contribution in [0, 0.1) is 5.92 Å². The molecule has 1 atom stereocenters. The molecule has 0 spiro atoms. The molecule has 0 bridgehead atoms. The fourth-order valence-corrected chi connectivity index (χ4v) is 4.77. The van der Waals surface area contributed by atoms with E-state index >= 15 is 0 Å². The number of carbonyl (C=O) groups excluding carboxylic acids is 1. The summed E-state index contributed by atoms with van der Waals surface area (Å²) in [5, 5.41) is 3.67. The number of nitrogens with one attached hydrogen (secondary N) is 1. The molecule has 2 aromatic carbocycles. The highest BCUT2D eigenvalue weighted by Crippen LogP contribution is 2.40. The molecule has 2 aromatic rings. The van der Waals surface area contributed by atoms with Crippen LogP contribution in [0.4, 0.5) is 0 Å². The maximum atomic E-state index is 13.3. The fourth-order valence-electron chi connectivity index (χ4n) is 3.37. The van der Waals surface area contributed by atoms with Crippen LogP contribution in [0.2, 0.25) is 5.02 Å². The Hall–Kier alpha value is -1.20. The lowest BCUT2D eigenvalue weighted by atomic mass is 9.96. The van der Waals surface area contributed by atoms with E-state index in [0.29, 0.717) is 10.9 Å². The quantitative estimate of drug-likeness (QED) is 0.658. The average molecular weight is 425 g/mol. The van der Waals surface area contributed by atoms with Gasteiger partial charge in [0.25, 0.3) is 0 Å². The maximum absolute atomic E-state index is 13.3. The van der Waals surface area contributed by atoms with Crippen molar-refractivity contribution in [3.8, 4) is 0 Å². The Morgan fingerprint density at radius 1 is 1.15 bits per heavy atom. The number of piperidine rings is 1.